The maximum absolute atomic E-state index is 6.42. The van der Waals surface area contributed by atoms with Crippen molar-refractivity contribution in [2.75, 3.05) is 0 Å². The van der Waals surface area contributed by atoms with Crippen LogP contribution in [0.2, 0.25) is 6.55 Å². The van der Waals surface area contributed by atoms with Crippen LogP contribution in [-0.2, 0) is 8.85 Å². The van der Waals surface area contributed by atoms with Crippen LogP contribution >= 0.6 is 0 Å². The van der Waals surface area contributed by atoms with Crippen molar-refractivity contribution in [2.45, 2.75) is 58.3 Å². The van der Waals surface area contributed by atoms with Gasteiger partial charge in [-0.1, -0.05) is 30.3 Å². The van der Waals surface area contributed by atoms with Crippen molar-refractivity contribution in [3.8, 4) is 0 Å². The van der Waals surface area contributed by atoms with E-state index in [9.17, 15) is 0 Å². The van der Waals surface area contributed by atoms with Crippen LogP contribution in [0.4, 0.5) is 0 Å². The molecule has 0 amide bonds. The second-order valence-electron chi connectivity index (χ2n) is 6.54. The first kappa shape index (κ1) is 13.8. The second kappa shape index (κ2) is 4.48. The van der Waals surface area contributed by atoms with Crippen LogP contribution in [0.3, 0.4) is 0 Å². The molecule has 1 aromatic carbocycles. The highest BCUT2D eigenvalue weighted by Crippen LogP contribution is 2.34. The van der Waals surface area contributed by atoms with E-state index in [2.05, 4.69) is 58.5 Å². The lowest BCUT2D eigenvalue weighted by molar-refractivity contribution is 0.0544. The van der Waals surface area contributed by atoms with Gasteiger partial charge in [-0.2, -0.15) is 0 Å². The molecule has 0 unspecified atom stereocenters. The topological polar surface area (TPSA) is 18.5 Å². The van der Waals surface area contributed by atoms with Crippen LogP contribution in [0, 0.1) is 0 Å². The maximum Gasteiger partial charge on any atom is 0.370 e. The summed E-state index contributed by atoms with van der Waals surface area (Å²) in [6.45, 7) is 10.9. The van der Waals surface area contributed by atoms with Crippen LogP contribution in [0.25, 0.3) is 0 Å². The fraction of sp³-hybridized carbons (Fsp3) is 0.600. The van der Waals surface area contributed by atoms with E-state index in [0.29, 0.717) is 0 Å². The molecule has 0 spiro atoms. The van der Waals surface area contributed by atoms with Gasteiger partial charge in [0.05, 0.1) is 11.2 Å². The van der Waals surface area contributed by atoms with Gasteiger partial charge in [0, 0.05) is 0 Å². The molecule has 2 rings (SSSR count). The van der Waals surface area contributed by atoms with Gasteiger partial charge >= 0.3 is 8.56 Å². The Morgan fingerprint density at radius 3 is 1.78 bits per heavy atom. The standard InChI is InChI=1S/C15H24O2Si/c1-14(2)11-12-15(3,4)17-18(5,16-14)13-9-7-6-8-10-13/h6-10H,11-12H2,1-5H3. The molecule has 0 atom stereocenters. The smallest absolute Gasteiger partial charge is 0.370 e. The zero-order chi connectivity index (χ0) is 13.4. The third-order valence-electron chi connectivity index (χ3n) is 3.57. The molecular formula is C15H24O2Si. The van der Waals surface area contributed by atoms with E-state index in [-0.39, 0.29) is 11.2 Å². The summed E-state index contributed by atoms with van der Waals surface area (Å²) in [5, 5.41) is 1.22. The highest BCUT2D eigenvalue weighted by atomic mass is 28.4. The molecule has 0 bridgehead atoms. The quantitative estimate of drug-likeness (QED) is 0.724. The van der Waals surface area contributed by atoms with E-state index in [1.54, 1.807) is 0 Å². The third kappa shape index (κ3) is 3.02. The average Bonchev–Trinajstić information content (AvgIpc) is 2.34. The molecule has 0 aliphatic carbocycles. The monoisotopic (exact) mass is 264 g/mol. The highest BCUT2D eigenvalue weighted by molar-refractivity contribution is 6.80. The largest absolute Gasteiger partial charge is 0.386 e. The first-order chi connectivity index (χ1) is 8.23. The van der Waals surface area contributed by atoms with Gasteiger partial charge in [-0.3, -0.25) is 0 Å². The number of benzene rings is 1. The fourth-order valence-corrected chi connectivity index (χ4v) is 6.03. The minimum Gasteiger partial charge on any atom is -0.386 e. The minimum absolute atomic E-state index is 0.107. The predicted molar refractivity (Wildman–Crippen MR) is 77.3 cm³/mol. The number of hydrogen-bond acceptors (Lipinski definition) is 2. The summed E-state index contributed by atoms with van der Waals surface area (Å²) in [7, 11) is -2.33. The lowest BCUT2D eigenvalue weighted by atomic mass is 9.94. The first-order valence-electron chi connectivity index (χ1n) is 6.68. The van der Waals surface area contributed by atoms with Gasteiger partial charge in [0.1, 0.15) is 0 Å². The van der Waals surface area contributed by atoms with Gasteiger partial charge in [0.15, 0.2) is 0 Å². The first-order valence-corrected chi connectivity index (χ1v) is 9.00. The van der Waals surface area contributed by atoms with E-state index in [1.165, 1.54) is 5.19 Å². The number of rotatable bonds is 1. The Bertz CT molecular complexity index is 394. The molecule has 0 saturated carbocycles. The van der Waals surface area contributed by atoms with Crippen molar-refractivity contribution in [3.05, 3.63) is 30.3 Å². The molecule has 0 N–H and O–H groups in total. The maximum atomic E-state index is 6.42. The zero-order valence-electron chi connectivity index (χ0n) is 12.1. The summed E-state index contributed by atoms with van der Waals surface area (Å²) in [6, 6.07) is 10.4. The van der Waals surface area contributed by atoms with Gasteiger partial charge in [-0.25, -0.2) is 0 Å². The van der Waals surface area contributed by atoms with Gasteiger partial charge in [-0.15, -0.1) is 0 Å². The van der Waals surface area contributed by atoms with Crippen molar-refractivity contribution in [3.63, 3.8) is 0 Å². The Morgan fingerprint density at radius 1 is 0.889 bits per heavy atom. The summed E-state index contributed by atoms with van der Waals surface area (Å²) in [5.41, 5.74) is -0.213. The van der Waals surface area contributed by atoms with Crippen molar-refractivity contribution in [2.24, 2.45) is 0 Å². The van der Waals surface area contributed by atoms with E-state index in [4.69, 9.17) is 8.85 Å². The lowest BCUT2D eigenvalue weighted by Gasteiger charge is -2.36. The van der Waals surface area contributed by atoms with Gasteiger partial charge in [-0.05, 0) is 52.3 Å². The molecule has 0 radical (unpaired) electrons. The molecule has 1 aliphatic heterocycles. The highest BCUT2D eigenvalue weighted by Gasteiger charge is 2.46. The molecule has 1 fully saturated rings. The second-order valence-corrected chi connectivity index (χ2v) is 9.41. The Hall–Kier alpha value is -0.643. The van der Waals surface area contributed by atoms with Crippen LogP contribution < -0.4 is 5.19 Å². The average molecular weight is 264 g/mol. The minimum atomic E-state index is -2.33. The molecule has 100 valence electrons. The third-order valence-corrected chi connectivity index (χ3v) is 6.84. The van der Waals surface area contributed by atoms with E-state index >= 15 is 0 Å². The van der Waals surface area contributed by atoms with Crippen LogP contribution in [0.1, 0.15) is 40.5 Å². The molecule has 0 aromatic heterocycles. The Kier molecular flexibility index (Phi) is 3.43. The van der Waals surface area contributed by atoms with Crippen LogP contribution in [0.5, 0.6) is 0 Å². The molecule has 1 saturated heterocycles. The zero-order valence-corrected chi connectivity index (χ0v) is 13.1. The van der Waals surface area contributed by atoms with E-state index in [0.717, 1.165) is 12.8 Å². The summed E-state index contributed by atoms with van der Waals surface area (Å²) in [4.78, 5) is 0. The van der Waals surface area contributed by atoms with Crippen molar-refractivity contribution in [1.82, 2.24) is 0 Å². The Labute approximate surface area is 112 Å². The molecule has 18 heavy (non-hydrogen) atoms. The molecular weight excluding hydrogens is 240 g/mol. The predicted octanol–water partition coefficient (Wildman–Crippen LogP) is 3.35. The van der Waals surface area contributed by atoms with Crippen LogP contribution in [0.15, 0.2) is 30.3 Å². The lowest BCUT2D eigenvalue weighted by Crippen LogP contribution is -2.56. The normalized spacial score (nSPS) is 25.4. The Balaban J connectivity index is 2.40. The van der Waals surface area contributed by atoms with Crippen LogP contribution in [-0.4, -0.2) is 19.8 Å². The van der Waals surface area contributed by atoms with E-state index in [1.807, 2.05) is 6.07 Å². The van der Waals surface area contributed by atoms with Crippen molar-refractivity contribution in [1.29, 1.82) is 0 Å². The van der Waals surface area contributed by atoms with E-state index < -0.39 is 8.56 Å². The summed E-state index contributed by atoms with van der Waals surface area (Å²) >= 11 is 0. The Morgan fingerprint density at radius 2 is 1.33 bits per heavy atom. The van der Waals surface area contributed by atoms with Gasteiger partial charge in [0.25, 0.3) is 0 Å². The SMILES string of the molecule is CC1(C)CCC(C)(C)O[Si](C)(c2ccccc2)O1. The molecule has 3 heteroatoms. The van der Waals surface area contributed by atoms with Crippen molar-refractivity contribution >= 4 is 13.7 Å². The van der Waals surface area contributed by atoms with Gasteiger partial charge < -0.3 is 8.85 Å². The summed E-state index contributed by atoms with van der Waals surface area (Å²) < 4.78 is 12.8. The molecule has 1 aromatic rings. The summed E-state index contributed by atoms with van der Waals surface area (Å²) in [5.74, 6) is 0. The fourth-order valence-electron chi connectivity index (χ4n) is 2.64. The summed E-state index contributed by atoms with van der Waals surface area (Å²) in [6.07, 6.45) is 2.07. The molecule has 1 aliphatic rings. The molecule has 1 heterocycles. The number of hydrogen-bond donors (Lipinski definition) is 0. The van der Waals surface area contributed by atoms with Gasteiger partial charge in [0.2, 0.25) is 0 Å². The van der Waals surface area contributed by atoms with Crippen molar-refractivity contribution < 1.29 is 8.85 Å². The molecule has 2 nitrogen and oxygen atoms in total.